The lowest BCUT2D eigenvalue weighted by molar-refractivity contribution is -0.122. The van der Waals surface area contributed by atoms with E-state index in [0.717, 1.165) is 32.5 Å². The van der Waals surface area contributed by atoms with Crippen LogP contribution >= 0.6 is 12.4 Å². The Bertz CT molecular complexity index is 176. The lowest BCUT2D eigenvalue weighted by Crippen LogP contribution is -2.31. The molecule has 2 N–H and O–H groups in total. The van der Waals surface area contributed by atoms with Crippen LogP contribution in [-0.4, -0.2) is 25.5 Å². The molecule has 76 valence electrons. The third-order valence-electron chi connectivity index (χ3n) is 2.68. The van der Waals surface area contributed by atoms with Gasteiger partial charge in [-0.1, -0.05) is 0 Å². The molecule has 1 saturated carbocycles. The van der Waals surface area contributed by atoms with Crippen molar-refractivity contribution in [3.05, 3.63) is 0 Å². The summed E-state index contributed by atoms with van der Waals surface area (Å²) in [6.07, 6.45) is 3.43. The van der Waals surface area contributed by atoms with E-state index in [4.69, 9.17) is 0 Å². The van der Waals surface area contributed by atoms with Gasteiger partial charge in [0, 0.05) is 12.5 Å². The average Bonchev–Trinajstić information content (AvgIpc) is 2.80. The highest BCUT2D eigenvalue weighted by Crippen LogP contribution is 2.28. The first-order valence-electron chi connectivity index (χ1n) is 4.84. The van der Waals surface area contributed by atoms with Gasteiger partial charge in [0.15, 0.2) is 0 Å². The van der Waals surface area contributed by atoms with Gasteiger partial charge in [-0.2, -0.15) is 0 Å². The maximum absolute atomic E-state index is 11.2. The SMILES string of the molecule is Cl.O=C(NC[C@@H]1CCNC1)C1CC1. The molecule has 13 heavy (non-hydrogen) atoms. The predicted molar refractivity (Wildman–Crippen MR) is 54.0 cm³/mol. The van der Waals surface area contributed by atoms with Crippen molar-refractivity contribution in [1.82, 2.24) is 10.6 Å². The molecule has 1 heterocycles. The van der Waals surface area contributed by atoms with Crippen molar-refractivity contribution in [3.63, 3.8) is 0 Å². The second kappa shape index (κ2) is 4.82. The Labute approximate surface area is 85.1 Å². The Kier molecular flexibility index (Phi) is 4.00. The van der Waals surface area contributed by atoms with E-state index in [-0.39, 0.29) is 18.3 Å². The van der Waals surface area contributed by atoms with Gasteiger partial charge >= 0.3 is 0 Å². The Hall–Kier alpha value is -0.280. The monoisotopic (exact) mass is 204 g/mol. The number of amides is 1. The van der Waals surface area contributed by atoms with E-state index in [1.165, 1.54) is 6.42 Å². The molecule has 3 nitrogen and oxygen atoms in total. The van der Waals surface area contributed by atoms with Crippen molar-refractivity contribution in [2.45, 2.75) is 19.3 Å². The maximum Gasteiger partial charge on any atom is 0.223 e. The van der Waals surface area contributed by atoms with E-state index in [9.17, 15) is 4.79 Å². The zero-order valence-corrected chi connectivity index (χ0v) is 8.53. The molecule has 1 saturated heterocycles. The van der Waals surface area contributed by atoms with Gasteiger partial charge in [0.25, 0.3) is 0 Å². The van der Waals surface area contributed by atoms with E-state index in [0.29, 0.717) is 11.8 Å². The van der Waals surface area contributed by atoms with E-state index in [2.05, 4.69) is 10.6 Å². The third-order valence-corrected chi connectivity index (χ3v) is 2.68. The number of hydrogen-bond acceptors (Lipinski definition) is 2. The number of nitrogens with one attached hydrogen (secondary N) is 2. The summed E-state index contributed by atoms with van der Waals surface area (Å²) >= 11 is 0. The standard InChI is InChI=1S/C9H16N2O.ClH/c12-9(8-1-2-8)11-6-7-3-4-10-5-7;/h7-8,10H,1-6H2,(H,11,12);1H/t7-;/m1./s1. The molecule has 1 atom stereocenters. The fraction of sp³-hybridized carbons (Fsp3) is 0.889. The summed E-state index contributed by atoms with van der Waals surface area (Å²) in [7, 11) is 0. The van der Waals surface area contributed by atoms with Gasteiger partial charge in [0.1, 0.15) is 0 Å². The Morgan fingerprint density at radius 1 is 1.38 bits per heavy atom. The van der Waals surface area contributed by atoms with Crippen LogP contribution in [0.3, 0.4) is 0 Å². The quantitative estimate of drug-likeness (QED) is 0.705. The topological polar surface area (TPSA) is 41.1 Å². The van der Waals surface area contributed by atoms with Gasteiger partial charge in [-0.05, 0) is 38.3 Å². The van der Waals surface area contributed by atoms with Crippen molar-refractivity contribution >= 4 is 18.3 Å². The van der Waals surface area contributed by atoms with E-state index >= 15 is 0 Å². The normalized spacial score (nSPS) is 26.6. The second-order valence-corrected chi connectivity index (χ2v) is 3.88. The molecule has 2 fully saturated rings. The average molecular weight is 205 g/mol. The lowest BCUT2D eigenvalue weighted by atomic mass is 10.1. The summed E-state index contributed by atoms with van der Waals surface area (Å²) in [4.78, 5) is 11.2. The van der Waals surface area contributed by atoms with Gasteiger partial charge in [0.05, 0.1) is 0 Å². The minimum absolute atomic E-state index is 0. The summed E-state index contributed by atoms with van der Waals surface area (Å²) in [6, 6.07) is 0. The molecular weight excluding hydrogens is 188 g/mol. The molecule has 1 aliphatic carbocycles. The van der Waals surface area contributed by atoms with E-state index in [1.54, 1.807) is 0 Å². The summed E-state index contributed by atoms with van der Waals surface area (Å²) in [5, 5.41) is 6.30. The first kappa shape index (κ1) is 10.8. The van der Waals surface area contributed by atoms with Crippen molar-refractivity contribution in [2.24, 2.45) is 11.8 Å². The van der Waals surface area contributed by atoms with Gasteiger partial charge in [-0.25, -0.2) is 0 Å². The molecule has 0 radical (unpaired) electrons. The first-order chi connectivity index (χ1) is 5.86. The third kappa shape index (κ3) is 3.16. The lowest BCUT2D eigenvalue weighted by Gasteiger charge is -2.08. The van der Waals surface area contributed by atoms with Crippen molar-refractivity contribution in [1.29, 1.82) is 0 Å². The number of halogens is 1. The highest BCUT2D eigenvalue weighted by Gasteiger charge is 2.29. The molecule has 0 aromatic carbocycles. The van der Waals surface area contributed by atoms with Crippen molar-refractivity contribution in [3.8, 4) is 0 Å². The molecular formula is C9H17ClN2O. The van der Waals surface area contributed by atoms with Crippen LogP contribution in [0.2, 0.25) is 0 Å². The summed E-state index contributed by atoms with van der Waals surface area (Å²) in [5.41, 5.74) is 0. The summed E-state index contributed by atoms with van der Waals surface area (Å²) in [5.74, 6) is 1.31. The molecule has 0 aromatic rings. The smallest absolute Gasteiger partial charge is 0.223 e. The fourth-order valence-corrected chi connectivity index (χ4v) is 1.62. The predicted octanol–water partition coefficient (Wildman–Crippen LogP) is 0.544. The summed E-state index contributed by atoms with van der Waals surface area (Å²) < 4.78 is 0. The number of hydrogen-bond donors (Lipinski definition) is 2. The van der Waals surface area contributed by atoms with E-state index in [1.807, 2.05) is 0 Å². The maximum atomic E-state index is 11.2. The molecule has 0 spiro atoms. The fourth-order valence-electron chi connectivity index (χ4n) is 1.62. The van der Waals surface area contributed by atoms with Crippen LogP contribution in [0.4, 0.5) is 0 Å². The van der Waals surface area contributed by atoms with Crippen molar-refractivity contribution in [2.75, 3.05) is 19.6 Å². The molecule has 1 aliphatic heterocycles. The van der Waals surface area contributed by atoms with Crippen molar-refractivity contribution < 1.29 is 4.79 Å². The molecule has 2 aliphatic rings. The number of carbonyl (C=O) groups excluding carboxylic acids is 1. The van der Waals surface area contributed by atoms with Crippen LogP contribution in [0.1, 0.15) is 19.3 Å². The van der Waals surface area contributed by atoms with Crippen LogP contribution in [0, 0.1) is 11.8 Å². The molecule has 0 aromatic heterocycles. The first-order valence-corrected chi connectivity index (χ1v) is 4.84. The molecule has 0 unspecified atom stereocenters. The molecule has 1 amide bonds. The number of rotatable bonds is 3. The van der Waals surface area contributed by atoms with Crippen LogP contribution in [0.15, 0.2) is 0 Å². The van der Waals surface area contributed by atoms with Gasteiger partial charge in [-0.15, -0.1) is 12.4 Å². The van der Waals surface area contributed by atoms with Crippen LogP contribution in [-0.2, 0) is 4.79 Å². The summed E-state index contributed by atoms with van der Waals surface area (Å²) in [6.45, 7) is 3.07. The minimum atomic E-state index is 0. The number of carbonyl (C=O) groups is 1. The van der Waals surface area contributed by atoms with E-state index < -0.39 is 0 Å². The zero-order chi connectivity index (χ0) is 8.39. The zero-order valence-electron chi connectivity index (χ0n) is 7.71. The van der Waals surface area contributed by atoms with Crippen LogP contribution < -0.4 is 10.6 Å². The van der Waals surface area contributed by atoms with Gasteiger partial charge < -0.3 is 10.6 Å². The van der Waals surface area contributed by atoms with Gasteiger partial charge in [-0.3, -0.25) is 4.79 Å². The highest BCUT2D eigenvalue weighted by atomic mass is 35.5. The largest absolute Gasteiger partial charge is 0.356 e. The minimum Gasteiger partial charge on any atom is -0.356 e. The van der Waals surface area contributed by atoms with Gasteiger partial charge in [0.2, 0.25) is 5.91 Å². The molecule has 2 rings (SSSR count). The Morgan fingerprint density at radius 2 is 2.15 bits per heavy atom. The molecule has 0 bridgehead atoms. The van der Waals surface area contributed by atoms with Crippen LogP contribution in [0.5, 0.6) is 0 Å². The Balaban J connectivity index is 0.000000845. The Morgan fingerprint density at radius 3 is 2.69 bits per heavy atom. The highest BCUT2D eigenvalue weighted by molar-refractivity contribution is 5.85. The van der Waals surface area contributed by atoms with Crippen LogP contribution in [0.25, 0.3) is 0 Å². The molecule has 4 heteroatoms. The second-order valence-electron chi connectivity index (χ2n) is 3.88.